The highest BCUT2D eigenvalue weighted by atomic mass is 16.3. The van der Waals surface area contributed by atoms with Crippen molar-refractivity contribution in [2.45, 2.75) is 13.8 Å². The molecule has 1 unspecified atom stereocenters. The molecular formula is C9H18N4O. The second kappa shape index (κ2) is 4.64. The normalized spacial score (nSPS) is 26.1. The summed E-state index contributed by atoms with van der Waals surface area (Å²) >= 11 is 0. The van der Waals surface area contributed by atoms with E-state index in [1.54, 1.807) is 0 Å². The van der Waals surface area contributed by atoms with Gasteiger partial charge in [0.2, 0.25) is 0 Å². The van der Waals surface area contributed by atoms with E-state index in [4.69, 9.17) is 5.53 Å². The second-order valence-corrected chi connectivity index (χ2v) is 4.56. The van der Waals surface area contributed by atoms with Gasteiger partial charge in [-0.2, -0.15) is 0 Å². The van der Waals surface area contributed by atoms with Crippen molar-refractivity contribution >= 4 is 0 Å². The Labute approximate surface area is 84.3 Å². The molecule has 0 saturated carbocycles. The van der Waals surface area contributed by atoms with Crippen LogP contribution in [0.3, 0.4) is 0 Å². The third-order valence-corrected chi connectivity index (χ3v) is 3.01. The minimum atomic E-state index is 0.172. The lowest BCUT2D eigenvalue weighted by atomic mass is 9.83. The zero-order valence-electron chi connectivity index (χ0n) is 8.85. The summed E-state index contributed by atoms with van der Waals surface area (Å²) in [5.41, 5.74) is 8.31. The average Bonchev–Trinajstić information content (AvgIpc) is 2.41. The molecule has 5 heteroatoms. The predicted molar refractivity (Wildman–Crippen MR) is 54.8 cm³/mol. The van der Waals surface area contributed by atoms with Crippen molar-refractivity contribution in [2.24, 2.45) is 16.4 Å². The van der Waals surface area contributed by atoms with E-state index in [1.807, 2.05) is 0 Å². The molecule has 1 fully saturated rings. The fraction of sp³-hybridized carbons (Fsp3) is 1.00. The van der Waals surface area contributed by atoms with Gasteiger partial charge < -0.3 is 10.0 Å². The molecular weight excluding hydrogens is 180 g/mol. The highest BCUT2D eigenvalue weighted by Gasteiger charge is 2.38. The smallest absolute Gasteiger partial charge is 0.0477 e. The summed E-state index contributed by atoms with van der Waals surface area (Å²) in [6.45, 7) is 7.77. The van der Waals surface area contributed by atoms with Gasteiger partial charge in [-0.15, -0.1) is 0 Å². The number of hydrogen-bond acceptors (Lipinski definition) is 3. The van der Waals surface area contributed by atoms with Gasteiger partial charge in [0, 0.05) is 43.6 Å². The molecule has 1 saturated heterocycles. The molecule has 1 rings (SSSR count). The van der Waals surface area contributed by atoms with Crippen LogP contribution in [0.5, 0.6) is 0 Å². The number of hydrogen-bond donors (Lipinski definition) is 1. The third kappa shape index (κ3) is 2.61. The summed E-state index contributed by atoms with van der Waals surface area (Å²) in [5, 5.41) is 12.7. The van der Waals surface area contributed by atoms with E-state index in [0.717, 1.165) is 19.6 Å². The molecule has 1 heterocycles. The first-order chi connectivity index (χ1) is 6.60. The summed E-state index contributed by atoms with van der Waals surface area (Å²) in [6.07, 6.45) is 0. The topological polar surface area (TPSA) is 72.2 Å². The third-order valence-electron chi connectivity index (χ3n) is 3.01. The minimum absolute atomic E-state index is 0.172. The highest BCUT2D eigenvalue weighted by Crippen LogP contribution is 2.34. The van der Waals surface area contributed by atoms with Gasteiger partial charge in [0.25, 0.3) is 0 Å². The van der Waals surface area contributed by atoms with E-state index < -0.39 is 0 Å². The number of aliphatic hydroxyl groups excluding tert-OH is 1. The maximum absolute atomic E-state index is 9.18. The van der Waals surface area contributed by atoms with E-state index in [9.17, 15) is 5.11 Å². The molecule has 80 valence electrons. The van der Waals surface area contributed by atoms with Gasteiger partial charge in [-0.05, 0) is 10.9 Å². The summed E-state index contributed by atoms with van der Waals surface area (Å²) < 4.78 is 0. The van der Waals surface area contributed by atoms with Crippen LogP contribution in [0.25, 0.3) is 10.4 Å². The van der Waals surface area contributed by atoms with Crippen molar-refractivity contribution in [1.29, 1.82) is 0 Å². The van der Waals surface area contributed by atoms with Crippen molar-refractivity contribution in [3.05, 3.63) is 10.4 Å². The Morgan fingerprint density at radius 2 is 2.36 bits per heavy atom. The van der Waals surface area contributed by atoms with Gasteiger partial charge >= 0.3 is 0 Å². The Morgan fingerprint density at radius 3 is 2.86 bits per heavy atom. The Hall–Kier alpha value is -0.770. The first kappa shape index (κ1) is 11.3. The molecule has 1 aliphatic rings. The standard InChI is InChI=1S/C9H18N4O/c1-9(2)7-13(4-3-11-12-10)5-8(9)6-14/h8,14H,3-7H2,1-2H3. The molecule has 0 aromatic rings. The van der Waals surface area contributed by atoms with Crippen LogP contribution in [0.1, 0.15) is 13.8 Å². The predicted octanol–water partition coefficient (Wildman–Crippen LogP) is 1.25. The average molecular weight is 198 g/mol. The van der Waals surface area contributed by atoms with E-state index in [1.165, 1.54) is 0 Å². The Bertz CT molecular complexity index is 235. The van der Waals surface area contributed by atoms with Crippen LogP contribution in [0.15, 0.2) is 5.11 Å². The maximum atomic E-state index is 9.18. The SMILES string of the molecule is CC1(C)CN(CCN=[N+]=[N-])CC1CO. The Balaban J connectivity index is 2.41. The monoisotopic (exact) mass is 198 g/mol. The van der Waals surface area contributed by atoms with Crippen molar-refractivity contribution in [2.75, 3.05) is 32.8 Å². The molecule has 1 atom stereocenters. The largest absolute Gasteiger partial charge is 0.396 e. The number of azide groups is 1. The lowest BCUT2D eigenvalue weighted by Gasteiger charge is -2.23. The summed E-state index contributed by atoms with van der Waals surface area (Å²) in [6, 6.07) is 0. The lowest BCUT2D eigenvalue weighted by Crippen LogP contribution is -2.26. The van der Waals surface area contributed by atoms with Crippen LogP contribution in [-0.2, 0) is 0 Å². The van der Waals surface area contributed by atoms with Crippen LogP contribution < -0.4 is 0 Å². The zero-order chi connectivity index (χ0) is 10.6. The van der Waals surface area contributed by atoms with Crippen LogP contribution in [0.4, 0.5) is 0 Å². The maximum Gasteiger partial charge on any atom is 0.0477 e. The number of rotatable bonds is 4. The molecule has 0 bridgehead atoms. The zero-order valence-corrected chi connectivity index (χ0v) is 8.85. The van der Waals surface area contributed by atoms with E-state index in [-0.39, 0.29) is 12.0 Å². The number of aliphatic hydroxyl groups is 1. The van der Waals surface area contributed by atoms with Crippen molar-refractivity contribution in [3.8, 4) is 0 Å². The summed E-state index contributed by atoms with van der Waals surface area (Å²) in [5.74, 6) is 0.341. The van der Waals surface area contributed by atoms with Crippen LogP contribution in [0.2, 0.25) is 0 Å². The van der Waals surface area contributed by atoms with Gasteiger partial charge in [0.1, 0.15) is 0 Å². The van der Waals surface area contributed by atoms with Crippen molar-refractivity contribution in [3.63, 3.8) is 0 Å². The fourth-order valence-corrected chi connectivity index (χ4v) is 2.03. The van der Waals surface area contributed by atoms with Crippen LogP contribution >= 0.6 is 0 Å². The van der Waals surface area contributed by atoms with Crippen LogP contribution in [0, 0.1) is 11.3 Å². The lowest BCUT2D eigenvalue weighted by molar-refractivity contribution is 0.161. The molecule has 1 aliphatic heterocycles. The van der Waals surface area contributed by atoms with E-state index in [0.29, 0.717) is 12.5 Å². The number of nitrogens with zero attached hydrogens (tertiary/aromatic N) is 4. The molecule has 0 aliphatic carbocycles. The first-order valence-electron chi connectivity index (χ1n) is 4.94. The van der Waals surface area contributed by atoms with Gasteiger partial charge in [-0.25, -0.2) is 0 Å². The molecule has 0 aromatic carbocycles. The van der Waals surface area contributed by atoms with Gasteiger partial charge in [0.05, 0.1) is 0 Å². The quantitative estimate of drug-likeness (QED) is 0.419. The van der Waals surface area contributed by atoms with E-state index in [2.05, 4.69) is 28.8 Å². The molecule has 0 radical (unpaired) electrons. The number of likely N-dealkylation sites (tertiary alicyclic amines) is 1. The van der Waals surface area contributed by atoms with Crippen molar-refractivity contribution < 1.29 is 5.11 Å². The molecule has 0 amide bonds. The van der Waals surface area contributed by atoms with Crippen molar-refractivity contribution in [1.82, 2.24) is 4.90 Å². The molecule has 14 heavy (non-hydrogen) atoms. The van der Waals surface area contributed by atoms with E-state index >= 15 is 0 Å². The highest BCUT2D eigenvalue weighted by molar-refractivity contribution is 4.90. The molecule has 5 nitrogen and oxygen atoms in total. The fourth-order valence-electron chi connectivity index (χ4n) is 2.03. The first-order valence-corrected chi connectivity index (χ1v) is 4.94. The minimum Gasteiger partial charge on any atom is -0.396 e. The van der Waals surface area contributed by atoms with Gasteiger partial charge in [-0.3, -0.25) is 0 Å². The van der Waals surface area contributed by atoms with Gasteiger partial charge in [0.15, 0.2) is 0 Å². The van der Waals surface area contributed by atoms with Crippen LogP contribution in [-0.4, -0.2) is 42.8 Å². The summed E-state index contributed by atoms with van der Waals surface area (Å²) in [7, 11) is 0. The Kier molecular flexibility index (Phi) is 3.75. The Morgan fingerprint density at radius 1 is 1.64 bits per heavy atom. The molecule has 0 aromatic heterocycles. The molecule has 0 spiro atoms. The van der Waals surface area contributed by atoms with Gasteiger partial charge in [-0.1, -0.05) is 19.0 Å². The second-order valence-electron chi connectivity index (χ2n) is 4.56. The molecule has 1 N–H and O–H groups in total. The summed E-state index contributed by atoms with van der Waals surface area (Å²) in [4.78, 5) is 4.97.